The number of anilines is 1. The number of urea groups is 1. The van der Waals surface area contributed by atoms with Gasteiger partial charge in [-0.15, -0.1) is 0 Å². The fourth-order valence-electron chi connectivity index (χ4n) is 3.30. The predicted molar refractivity (Wildman–Crippen MR) is 85.0 cm³/mol. The van der Waals surface area contributed by atoms with E-state index in [0.29, 0.717) is 36.5 Å². The van der Waals surface area contributed by atoms with Crippen LogP contribution in [0.1, 0.15) is 18.0 Å². The first kappa shape index (κ1) is 16.6. The molecule has 2 atom stereocenters. The summed E-state index contributed by atoms with van der Waals surface area (Å²) >= 11 is 0. The molecule has 9 nitrogen and oxygen atoms in total. The molecule has 2 aliphatic rings. The highest BCUT2D eigenvalue weighted by Gasteiger charge is 2.32. The van der Waals surface area contributed by atoms with E-state index in [-0.39, 0.29) is 6.54 Å². The number of carbonyl (C=O) groups excluding carboxylic acids is 2. The van der Waals surface area contributed by atoms with Crippen molar-refractivity contribution in [2.45, 2.75) is 25.1 Å². The number of nitrogens with zero attached hydrogens (tertiary/aromatic N) is 4. The minimum absolute atomic E-state index is 0.133. The van der Waals surface area contributed by atoms with Gasteiger partial charge in [-0.25, -0.2) is 14.3 Å². The Balaban J connectivity index is 1.66. The average molecular weight is 366 g/mol. The molecule has 0 bridgehead atoms. The van der Waals surface area contributed by atoms with E-state index < -0.39 is 30.6 Å². The molecule has 1 unspecified atom stereocenters. The fraction of sp³-hybridized carbons (Fsp3) is 0.467. The normalized spacial score (nSPS) is 23.6. The van der Waals surface area contributed by atoms with Crippen LogP contribution in [-0.2, 0) is 9.53 Å². The third-order valence-electron chi connectivity index (χ3n) is 4.52. The summed E-state index contributed by atoms with van der Waals surface area (Å²) in [7, 11) is 0. The second kappa shape index (κ2) is 6.48. The molecular weight excluding hydrogens is 350 g/mol. The summed E-state index contributed by atoms with van der Waals surface area (Å²) in [4.78, 5) is 29.5. The summed E-state index contributed by atoms with van der Waals surface area (Å²) in [6.45, 7) is -1.86. The van der Waals surface area contributed by atoms with Crippen molar-refractivity contribution in [3.05, 3.63) is 24.2 Å². The Kier molecular flexibility index (Phi) is 4.15. The number of nitrogens with one attached hydrogen (secondary N) is 2. The number of amides is 3. The van der Waals surface area contributed by atoms with Gasteiger partial charge in [0.25, 0.3) is 0 Å². The Morgan fingerprint density at radius 3 is 2.96 bits per heavy atom. The lowest BCUT2D eigenvalue weighted by molar-refractivity contribution is -0.156. The van der Waals surface area contributed by atoms with E-state index in [2.05, 4.69) is 25.5 Å². The van der Waals surface area contributed by atoms with Crippen LogP contribution in [0.4, 0.5) is 19.3 Å². The molecule has 26 heavy (non-hydrogen) atoms. The zero-order chi connectivity index (χ0) is 18.3. The quantitative estimate of drug-likeness (QED) is 0.816. The van der Waals surface area contributed by atoms with Crippen LogP contribution in [0.5, 0.6) is 0 Å². The highest BCUT2D eigenvalue weighted by atomic mass is 19.3. The number of imide groups is 1. The van der Waals surface area contributed by atoms with Gasteiger partial charge in [0.15, 0.2) is 5.65 Å². The van der Waals surface area contributed by atoms with Gasteiger partial charge in [0.2, 0.25) is 5.91 Å². The minimum Gasteiger partial charge on any atom is -0.366 e. The molecule has 0 saturated carbocycles. The summed E-state index contributed by atoms with van der Waals surface area (Å²) in [5.74, 6) is -1.08. The van der Waals surface area contributed by atoms with Crippen LogP contribution in [0, 0.1) is 0 Å². The lowest BCUT2D eigenvalue weighted by atomic mass is 10.0. The second-order valence-electron chi connectivity index (χ2n) is 6.16. The van der Waals surface area contributed by atoms with Crippen molar-refractivity contribution in [1.29, 1.82) is 0 Å². The number of aromatic nitrogens is 3. The van der Waals surface area contributed by atoms with Crippen LogP contribution in [0.3, 0.4) is 0 Å². The number of hydrogen-bond acceptors (Lipinski definition) is 6. The van der Waals surface area contributed by atoms with Gasteiger partial charge in [0, 0.05) is 32.0 Å². The molecule has 4 heterocycles. The van der Waals surface area contributed by atoms with Gasteiger partial charge in [0.1, 0.15) is 0 Å². The summed E-state index contributed by atoms with van der Waals surface area (Å²) in [6.07, 6.45) is 3.11. The first-order chi connectivity index (χ1) is 12.5. The van der Waals surface area contributed by atoms with E-state index in [1.807, 2.05) is 4.90 Å². The molecule has 138 valence electrons. The Labute approximate surface area is 146 Å². The van der Waals surface area contributed by atoms with Gasteiger partial charge in [-0.3, -0.25) is 10.1 Å². The number of rotatable bonds is 4. The average Bonchev–Trinajstić information content (AvgIpc) is 3.22. The topological polar surface area (TPSA) is 101 Å². The Bertz CT molecular complexity index is 857. The van der Waals surface area contributed by atoms with Gasteiger partial charge in [-0.05, 0) is 12.5 Å². The first-order valence-electron chi connectivity index (χ1n) is 8.13. The van der Waals surface area contributed by atoms with Crippen molar-refractivity contribution < 1.29 is 23.1 Å². The zero-order valence-electron chi connectivity index (χ0n) is 13.6. The number of alkyl halides is 2. The molecular formula is C15H16F2N6O3. The lowest BCUT2D eigenvalue weighted by Crippen LogP contribution is -2.51. The molecule has 2 aliphatic heterocycles. The van der Waals surface area contributed by atoms with E-state index >= 15 is 0 Å². The molecule has 4 rings (SSSR count). The molecule has 2 aromatic heterocycles. The summed E-state index contributed by atoms with van der Waals surface area (Å²) < 4.78 is 31.1. The zero-order valence-corrected chi connectivity index (χ0v) is 13.6. The molecule has 0 radical (unpaired) electrons. The van der Waals surface area contributed by atoms with Crippen LogP contribution in [0.25, 0.3) is 5.65 Å². The van der Waals surface area contributed by atoms with Crippen molar-refractivity contribution in [2.75, 3.05) is 24.5 Å². The molecule has 2 saturated heterocycles. The van der Waals surface area contributed by atoms with Crippen molar-refractivity contribution in [2.24, 2.45) is 0 Å². The molecule has 11 heteroatoms. The van der Waals surface area contributed by atoms with E-state index in [1.54, 1.807) is 18.5 Å². The van der Waals surface area contributed by atoms with Gasteiger partial charge >= 0.3 is 12.6 Å². The van der Waals surface area contributed by atoms with Crippen LogP contribution in [0.15, 0.2) is 18.5 Å². The molecule has 2 aromatic rings. The number of carbonyl (C=O) groups is 2. The fourth-order valence-corrected chi connectivity index (χ4v) is 3.30. The monoisotopic (exact) mass is 366 g/mol. The van der Waals surface area contributed by atoms with Crippen molar-refractivity contribution in [3.8, 4) is 0 Å². The number of hydrogen-bond donors (Lipinski definition) is 2. The third-order valence-corrected chi connectivity index (χ3v) is 4.52. The van der Waals surface area contributed by atoms with E-state index in [9.17, 15) is 18.4 Å². The van der Waals surface area contributed by atoms with Crippen LogP contribution in [0.2, 0.25) is 0 Å². The Morgan fingerprint density at radius 2 is 2.19 bits per heavy atom. The van der Waals surface area contributed by atoms with Gasteiger partial charge in [-0.2, -0.15) is 13.9 Å². The highest BCUT2D eigenvalue weighted by Crippen LogP contribution is 2.29. The maximum atomic E-state index is 12.5. The minimum atomic E-state index is -2.81. The third kappa shape index (κ3) is 3.05. The highest BCUT2D eigenvalue weighted by molar-refractivity contribution is 6.00. The SMILES string of the molecule is O=C1NCC(c2cc(N3CC[C@@H](OC(F)F)C3)c3nccn3n2)C(=O)N1. The first-order valence-corrected chi connectivity index (χ1v) is 8.13. The van der Waals surface area contributed by atoms with Gasteiger partial charge in [0.05, 0.1) is 23.4 Å². The lowest BCUT2D eigenvalue weighted by Gasteiger charge is -2.24. The second-order valence-corrected chi connectivity index (χ2v) is 6.16. The van der Waals surface area contributed by atoms with Crippen molar-refractivity contribution in [1.82, 2.24) is 25.2 Å². The summed E-state index contributed by atoms with van der Waals surface area (Å²) in [6, 6.07) is 1.18. The van der Waals surface area contributed by atoms with E-state index in [0.717, 1.165) is 0 Å². The number of imidazole rings is 1. The standard InChI is InChI=1S/C15H16F2N6O3/c16-14(17)26-8-1-3-22(7-8)11-5-10(21-23-4-2-18-12(11)23)9-6-19-15(25)20-13(9)24/h2,4-5,8-9,14H,1,3,6-7H2,(H2,19,20,24,25)/t8-,9?/m1/s1. The largest absolute Gasteiger partial charge is 0.366 e. The summed E-state index contributed by atoms with van der Waals surface area (Å²) in [5.41, 5.74) is 1.71. The molecule has 3 amide bonds. The maximum Gasteiger partial charge on any atom is 0.345 e. The van der Waals surface area contributed by atoms with Crippen molar-refractivity contribution in [3.63, 3.8) is 0 Å². The van der Waals surface area contributed by atoms with Crippen LogP contribution < -0.4 is 15.5 Å². The number of ether oxygens (including phenoxy) is 1. The Hall–Kier alpha value is -2.82. The maximum absolute atomic E-state index is 12.5. The van der Waals surface area contributed by atoms with Crippen LogP contribution >= 0.6 is 0 Å². The van der Waals surface area contributed by atoms with Gasteiger partial charge < -0.3 is 15.0 Å². The number of halogens is 2. The molecule has 0 aliphatic carbocycles. The van der Waals surface area contributed by atoms with Gasteiger partial charge in [-0.1, -0.05) is 0 Å². The number of fused-ring (bicyclic) bond motifs is 1. The van der Waals surface area contributed by atoms with Crippen molar-refractivity contribution >= 4 is 23.3 Å². The van der Waals surface area contributed by atoms with Crippen LogP contribution in [-0.4, -0.2) is 58.9 Å². The Morgan fingerprint density at radius 1 is 1.35 bits per heavy atom. The molecule has 2 N–H and O–H groups in total. The van der Waals surface area contributed by atoms with E-state index in [4.69, 9.17) is 0 Å². The molecule has 0 aromatic carbocycles. The summed E-state index contributed by atoms with van der Waals surface area (Å²) in [5, 5.41) is 9.18. The van der Waals surface area contributed by atoms with E-state index in [1.165, 1.54) is 4.52 Å². The molecule has 2 fully saturated rings. The smallest absolute Gasteiger partial charge is 0.345 e. The predicted octanol–water partition coefficient (Wildman–Crippen LogP) is 0.470. The molecule has 0 spiro atoms.